The van der Waals surface area contributed by atoms with Crippen LogP contribution in [-0.2, 0) is 11.3 Å². The Bertz CT molecular complexity index is 1010. The van der Waals surface area contributed by atoms with Crippen LogP contribution in [0.3, 0.4) is 0 Å². The molecule has 27 heavy (non-hydrogen) atoms. The maximum absolute atomic E-state index is 13.1. The minimum atomic E-state index is 0.00709. The summed E-state index contributed by atoms with van der Waals surface area (Å²) in [6.45, 7) is 0.540. The van der Waals surface area contributed by atoms with Gasteiger partial charge in [-0.05, 0) is 41.0 Å². The molecule has 0 saturated heterocycles. The third-order valence-electron chi connectivity index (χ3n) is 4.52. The molecule has 0 saturated carbocycles. The second-order valence-corrected chi connectivity index (χ2v) is 6.86. The van der Waals surface area contributed by atoms with Crippen LogP contribution in [0.25, 0.3) is 11.8 Å². The van der Waals surface area contributed by atoms with E-state index in [2.05, 4.69) is 0 Å². The average Bonchev–Trinajstić information content (AvgIpc) is 3.01. The first-order valence-corrected chi connectivity index (χ1v) is 9.19. The third kappa shape index (κ3) is 3.86. The molecule has 2 nitrogen and oxygen atoms in total. The van der Waals surface area contributed by atoms with Crippen molar-refractivity contribution < 1.29 is 4.79 Å². The average molecular weight is 372 g/mol. The van der Waals surface area contributed by atoms with E-state index in [9.17, 15) is 4.79 Å². The molecule has 0 aliphatic carbocycles. The number of hydrogen-bond donors (Lipinski definition) is 0. The fourth-order valence-corrected chi connectivity index (χ4v) is 3.29. The van der Waals surface area contributed by atoms with Crippen molar-refractivity contribution in [2.24, 2.45) is 0 Å². The Morgan fingerprint density at radius 2 is 1.44 bits per heavy atom. The second-order valence-electron chi connectivity index (χ2n) is 6.42. The van der Waals surface area contributed by atoms with Crippen molar-refractivity contribution >= 4 is 29.3 Å². The highest BCUT2D eigenvalue weighted by Gasteiger charge is 2.28. The van der Waals surface area contributed by atoms with Crippen molar-refractivity contribution in [3.63, 3.8) is 0 Å². The molecule has 0 fully saturated rings. The van der Waals surface area contributed by atoms with E-state index in [1.165, 1.54) is 0 Å². The number of amides is 1. The fourth-order valence-electron chi connectivity index (χ4n) is 3.17. The highest BCUT2D eigenvalue weighted by molar-refractivity contribution is 6.30. The van der Waals surface area contributed by atoms with Crippen LogP contribution in [-0.4, -0.2) is 10.8 Å². The van der Waals surface area contributed by atoms with E-state index in [-0.39, 0.29) is 5.91 Å². The summed E-state index contributed by atoms with van der Waals surface area (Å²) in [6.07, 6.45) is 3.88. The molecule has 4 rings (SSSR count). The number of hydrogen-bond acceptors (Lipinski definition) is 1. The summed E-state index contributed by atoms with van der Waals surface area (Å²) < 4.78 is 0. The van der Waals surface area contributed by atoms with Crippen LogP contribution in [0.15, 0.2) is 96.6 Å². The van der Waals surface area contributed by atoms with E-state index >= 15 is 0 Å². The number of benzene rings is 3. The van der Waals surface area contributed by atoms with Crippen LogP contribution in [0, 0.1) is 0 Å². The Hall–Kier alpha value is -3.10. The first-order chi connectivity index (χ1) is 13.2. The summed E-state index contributed by atoms with van der Waals surface area (Å²) in [7, 11) is 0. The molecule has 0 spiro atoms. The van der Waals surface area contributed by atoms with Gasteiger partial charge in [0.2, 0.25) is 0 Å². The fraction of sp³-hybridized carbons (Fsp3) is 0.0417. The molecule has 1 aliphatic rings. The predicted molar refractivity (Wildman–Crippen MR) is 111 cm³/mol. The predicted octanol–water partition coefficient (Wildman–Crippen LogP) is 5.81. The van der Waals surface area contributed by atoms with E-state index in [4.69, 9.17) is 11.6 Å². The van der Waals surface area contributed by atoms with Gasteiger partial charge in [0.05, 0.1) is 12.2 Å². The maximum Gasteiger partial charge on any atom is 0.258 e. The lowest BCUT2D eigenvalue weighted by Crippen LogP contribution is -2.25. The van der Waals surface area contributed by atoms with Crippen molar-refractivity contribution in [1.82, 2.24) is 4.90 Å². The van der Waals surface area contributed by atoms with Gasteiger partial charge in [-0.3, -0.25) is 4.79 Å². The van der Waals surface area contributed by atoms with Gasteiger partial charge in [0.1, 0.15) is 0 Å². The summed E-state index contributed by atoms with van der Waals surface area (Å²) >= 11 is 5.97. The topological polar surface area (TPSA) is 20.3 Å². The van der Waals surface area contributed by atoms with Gasteiger partial charge in [0, 0.05) is 10.6 Å². The van der Waals surface area contributed by atoms with Crippen LogP contribution in [0.5, 0.6) is 0 Å². The molecule has 132 valence electrons. The lowest BCUT2D eigenvalue weighted by molar-refractivity contribution is -0.123. The quantitative estimate of drug-likeness (QED) is 0.530. The monoisotopic (exact) mass is 371 g/mol. The number of nitrogens with zero attached hydrogens (tertiary/aromatic N) is 1. The van der Waals surface area contributed by atoms with E-state index < -0.39 is 0 Å². The Labute approximate surface area is 164 Å². The lowest BCUT2D eigenvalue weighted by Gasteiger charge is -2.20. The van der Waals surface area contributed by atoms with Crippen LogP contribution in [0.1, 0.15) is 16.7 Å². The molecule has 0 unspecified atom stereocenters. The Morgan fingerprint density at radius 3 is 2.11 bits per heavy atom. The van der Waals surface area contributed by atoms with E-state index in [1.807, 2.05) is 102 Å². The molecule has 0 N–H and O–H groups in total. The minimum absolute atomic E-state index is 0.00709. The molecule has 1 heterocycles. The lowest BCUT2D eigenvalue weighted by atomic mass is 10.1. The van der Waals surface area contributed by atoms with E-state index in [0.29, 0.717) is 17.1 Å². The highest BCUT2D eigenvalue weighted by Crippen LogP contribution is 2.32. The molecule has 1 aliphatic heterocycles. The van der Waals surface area contributed by atoms with Crippen LogP contribution >= 0.6 is 11.6 Å². The van der Waals surface area contributed by atoms with Crippen molar-refractivity contribution in [2.45, 2.75) is 6.54 Å². The van der Waals surface area contributed by atoms with Crippen LogP contribution in [0.2, 0.25) is 5.02 Å². The molecule has 0 aromatic heterocycles. The van der Waals surface area contributed by atoms with Gasteiger partial charge in [-0.1, -0.05) is 84.4 Å². The van der Waals surface area contributed by atoms with Gasteiger partial charge in [-0.15, -0.1) is 0 Å². The second kappa shape index (κ2) is 7.65. The molecular formula is C24H18ClNO. The number of carbonyl (C=O) groups is 1. The summed E-state index contributed by atoms with van der Waals surface area (Å²) in [4.78, 5) is 15.0. The SMILES string of the molecule is O=C1C(=Cc2ccc(Cl)cc2)C=C(c2ccccc2)N1Cc1ccccc1. The van der Waals surface area contributed by atoms with Crippen molar-refractivity contribution in [1.29, 1.82) is 0 Å². The molecule has 1 amide bonds. The molecule has 3 aromatic rings. The van der Waals surface area contributed by atoms with Gasteiger partial charge in [-0.2, -0.15) is 0 Å². The van der Waals surface area contributed by atoms with E-state index in [0.717, 1.165) is 22.4 Å². The third-order valence-corrected chi connectivity index (χ3v) is 4.77. The van der Waals surface area contributed by atoms with Crippen molar-refractivity contribution in [2.75, 3.05) is 0 Å². The first-order valence-electron chi connectivity index (χ1n) is 8.81. The zero-order chi connectivity index (χ0) is 18.6. The Balaban J connectivity index is 1.72. The first kappa shape index (κ1) is 17.3. The zero-order valence-corrected chi connectivity index (χ0v) is 15.4. The van der Waals surface area contributed by atoms with Crippen LogP contribution in [0.4, 0.5) is 0 Å². The van der Waals surface area contributed by atoms with E-state index in [1.54, 1.807) is 0 Å². The summed E-state index contributed by atoms with van der Waals surface area (Å²) in [6, 6.07) is 27.5. The van der Waals surface area contributed by atoms with Gasteiger partial charge in [0.25, 0.3) is 5.91 Å². The Kier molecular flexibility index (Phi) is 4.91. The standard InChI is InChI=1S/C24H18ClNO/c25-22-13-11-18(12-14-22)15-21-16-23(20-9-5-2-6-10-20)26(24(21)27)17-19-7-3-1-4-8-19/h1-16H,17H2. The largest absolute Gasteiger partial charge is 0.303 e. The number of halogens is 1. The molecule has 0 atom stereocenters. The Morgan fingerprint density at radius 1 is 0.815 bits per heavy atom. The number of carbonyl (C=O) groups excluding carboxylic acids is 1. The summed E-state index contributed by atoms with van der Waals surface area (Å²) in [5.41, 5.74) is 4.67. The summed E-state index contributed by atoms with van der Waals surface area (Å²) in [5, 5.41) is 0.682. The number of rotatable bonds is 4. The minimum Gasteiger partial charge on any atom is -0.303 e. The van der Waals surface area contributed by atoms with Gasteiger partial charge in [0.15, 0.2) is 0 Å². The normalized spacial score (nSPS) is 15.3. The molecule has 3 heteroatoms. The van der Waals surface area contributed by atoms with Crippen LogP contribution < -0.4 is 0 Å². The zero-order valence-electron chi connectivity index (χ0n) is 14.7. The summed E-state index contributed by atoms with van der Waals surface area (Å²) in [5.74, 6) is 0.00709. The molecule has 0 radical (unpaired) electrons. The van der Waals surface area contributed by atoms with Gasteiger partial charge < -0.3 is 4.90 Å². The molecular weight excluding hydrogens is 354 g/mol. The maximum atomic E-state index is 13.1. The van der Waals surface area contributed by atoms with Crippen molar-refractivity contribution in [3.8, 4) is 0 Å². The smallest absolute Gasteiger partial charge is 0.258 e. The molecule has 3 aromatic carbocycles. The molecule has 0 bridgehead atoms. The van der Waals surface area contributed by atoms with Crippen molar-refractivity contribution in [3.05, 3.63) is 118 Å². The highest BCUT2D eigenvalue weighted by atomic mass is 35.5. The van der Waals surface area contributed by atoms with Gasteiger partial charge in [-0.25, -0.2) is 0 Å². The van der Waals surface area contributed by atoms with Gasteiger partial charge >= 0.3 is 0 Å².